The van der Waals surface area contributed by atoms with Crippen LogP contribution in [0.4, 0.5) is 11.5 Å². The molecule has 3 heterocycles. The van der Waals surface area contributed by atoms with Crippen LogP contribution in [-0.2, 0) is 6.42 Å². The molecular weight excluding hydrogens is 416 g/mol. The van der Waals surface area contributed by atoms with Crippen LogP contribution in [-0.4, -0.2) is 37.0 Å². The molecule has 4 rings (SSSR count). The molecule has 0 bridgehead atoms. The van der Waals surface area contributed by atoms with Crippen molar-refractivity contribution >= 4 is 17.4 Å². The van der Waals surface area contributed by atoms with Gasteiger partial charge < -0.3 is 21.4 Å². The molecule has 0 spiro atoms. The number of aromatic nitrogens is 5. The highest BCUT2D eigenvalue weighted by molar-refractivity contribution is 6.06. The van der Waals surface area contributed by atoms with E-state index in [0.29, 0.717) is 17.9 Å². The van der Waals surface area contributed by atoms with Crippen molar-refractivity contribution < 1.29 is 4.79 Å². The molecule has 168 valence electrons. The molecule has 9 nitrogen and oxygen atoms in total. The molecule has 0 radical (unpaired) electrons. The predicted octanol–water partition coefficient (Wildman–Crippen LogP) is 3.18. The van der Waals surface area contributed by atoms with Crippen molar-refractivity contribution in [2.24, 2.45) is 5.73 Å². The maximum absolute atomic E-state index is 13.1. The first-order chi connectivity index (χ1) is 16.0. The second-order valence-electron chi connectivity index (χ2n) is 7.88. The molecule has 0 saturated heterocycles. The lowest BCUT2D eigenvalue weighted by molar-refractivity contribution is 0.102. The molecular formula is C24H26N8O. The van der Waals surface area contributed by atoms with Crippen molar-refractivity contribution in [1.82, 2.24) is 24.5 Å². The second-order valence-corrected chi connectivity index (χ2v) is 7.88. The third kappa shape index (κ3) is 4.73. The minimum absolute atomic E-state index is 0.0445. The first-order valence-corrected chi connectivity index (χ1v) is 10.7. The van der Waals surface area contributed by atoms with Crippen molar-refractivity contribution in [3.8, 4) is 16.9 Å². The van der Waals surface area contributed by atoms with Gasteiger partial charge in [-0.1, -0.05) is 38.1 Å². The number of nitrogens with zero attached hydrogens (tertiary/aromatic N) is 5. The average Bonchev–Trinajstić information content (AvgIpc) is 3.31. The molecule has 0 fully saturated rings. The molecule has 1 amide bonds. The minimum Gasteiger partial charge on any atom is -0.382 e. The fraction of sp³-hybridized carbons (Fsp3) is 0.208. The van der Waals surface area contributed by atoms with E-state index in [1.807, 2.05) is 41.1 Å². The zero-order chi connectivity index (χ0) is 23.4. The van der Waals surface area contributed by atoms with E-state index >= 15 is 0 Å². The molecule has 0 aliphatic carbocycles. The van der Waals surface area contributed by atoms with Gasteiger partial charge in [0.15, 0.2) is 11.5 Å². The number of anilines is 2. The van der Waals surface area contributed by atoms with Crippen LogP contribution in [0.1, 0.15) is 41.6 Å². The highest BCUT2D eigenvalue weighted by Crippen LogP contribution is 2.25. The van der Waals surface area contributed by atoms with Crippen molar-refractivity contribution in [3.63, 3.8) is 0 Å². The summed E-state index contributed by atoms with van der Waals surface area (Å²) in [5.74, 6) is 0.649. The third-order valence-corrected chi connectivity index (χ3v) is 5.19. The van der Waals surface area contributed by atoms with Crippen LogP contribution in [0.3, 0.4) is 0 Å². The molecule has 0 unspecified atom stereocenters. The summed E-state index contributed by atoms with van der Waals surface area (Å²) in [5, 5.41) is 2.88. The number of hydrogen-bond acceptors (Lipinski definition) is 7. The third-order valence-electron chi connectivity index (χ3n) is 5.19. The van der Waals surface area contributed by atoms with Crippen LogP contribution in [0.2, 0.25) is 0 Å². The summed E-state index contributed by atoms with van der Waals surface area (Å²) in [6, 6.07) is 9.65. The Morgan fingerprint density at radius 3 is 2.61 bits per heavy atom. The van der Waals surface area contributed by atoms with Gasteiger partial charge in [0.2, 0.25) is 0 Å². The number of nitrogens with two attached hydrogens (primary N) is 2. The molecule has 4 aromatic rings. The largest absolute Gasteiger partial charge is 0.382 e. The number of imidazole rings is 1. The number of pyridine rings is 1. The number of carbonyl (C=O) groups is 1. The van der Waals surface area contributed by atoms with Gasteiger partial charge in [-0.3, -0.25) is 9.78 Å². The standard InChI is InChI=1S/C24H26N8O/c1-15(2)23-28-11-12-32(23)20-8-10-27-13-19(20)31-24(33)21-22(26)29-14-18(30-21)17-5-3-16(4-6-17)7-9-25/h3-6,8,10-15H,7,9,25H2,1-2H3,(H2,26,29)(H,31,33). The summed E-state index contributed by atoms with van der Waals surface area (Å²) in [7, 11) is 0. The quantitative estimate of drug-likeness (QED) is 0.399. The van der Waals surface area contributed by atoms with E-state index in [4.69, 9.17) is 11.5 Å². The van der Waals surface area contributed by atoms with E-state index in [0.717, 1.165) is 29.1 Å². The Labute approximate surface area is 191 Å². The number of nitrogens with one attached hydrogen (secondary N) is 1. The summed E-state index contributed by atoms with van der Waals surface area (Å²) in [4.78, 5) is 30.4. The van der Waals surface area contributed by atoms with Crippen LogP contribution in [0.25, 0.3) is 16.9 Å². The highest BCUT2D eigenvalue weighted by atomic mass is 16.1. The van der Waals surface area contributed by atoms with Gasteiger partial charge in [-0.2, -0.15) is 0 Å². The Balaban J connectivity index is 1.64. The van der Waals surface area contributed by atoms with E-state index in [-0.39, 0.29) is 17.4 Å². The maximum atomic E-state index is 13.1. The molecule has 1 aromatic carbocycles. The number of amides is 1. The number of rotatable bonds is 7. The van der Waals surface area contributed by atoms with Gasteiger partial charge in [-0.25, -0.2) is 15.0 Å². The van der Waals surface area contributed by atoms with Crippen LogP contribution < -0.4 is 16.8 Å². The van der Waals surface area contributed by atoms with Gasteiger partial charge in [0.1, 0.15) is 5.82 Å². The minimum atomic E-state index is -0.470. The van der Waals surface area contributed by atoms with Gasteiger partial charge >= 0.3 is 0 Å². The lowest BCUT2D eigenvalue weighted by Gasteiger charge is -2.15. The van der Waals surface area contributed by atoms with Gasteiger partial charge in [-0.05, 0) is 24.6 Å². The summed E-state index contributed by atoms with van der Waals surface area (Å²) in [5.41, 5.74) is 15.4. The smallest absolute Gasteiger partial charge is 0.278 e. The molecule has 0 aliphatic heterocycles. The Bertz CT molecular complexity index is 1260. The highest BCUT2D eigenvalue weighted by Gasteiger charge is 2.18. The van der Waals surface area contributed by atoms with Gasteiger partial charge in [-0.15, -0.1) is 0 Å². The summed E-state index contributed by atoms with van der Waals surface area (Å²) >= 11 is 0. The second kappa shape index (κ2) is 9.58. The number of hydrogen-bond donors (Lipinski definition) is 3. The summed E-state index contributed by atoms with van der Waals surface area (Å²) in [6.07, 6.45) is 9.18. The van der Waals surface area contributed by atoms with Crippen LogP contribution in [0.5, 0.6) is 0 Å². The van der Waals surface area contributed by atoms with Gasteiger partial charge in [0.25, 0.3) is 5.91 Å². The van der Waals surface area contributed by atoms with Gasteiger partial charge in [0.05, 0.1) is 29.5 Å². The average molecular weight is 443 g/mol. The Morgan fingerprint density at radius 1 is 1.09 bits per heavy atom. The normalized spacial score (nSPS) is 11.0. The van der Waals surface area contributed by atoms with Crippen molar-refractivity contribution in [1.29, 1.82) is 0 Å². The van der Waals surface area contributed by atoms with Crippen LogP contribution in [0.15, 0.2) is 61.3 Å². The molecule has 3 aromatic heterocycles. The van der Waals surface area contributed by atoms with E-state index in [2.05, 4.69) is 39.1 Å². The molecule has 33 heavy (non-hydrogen) atoms. The number of nitrogen functional groups attached to an aromatic ring is 1. The fourth-order valence-electron chi connectivity index (χ4n) is 3.53. The summed E-state index contributed by atoms with van der Waals surface area (Å²) < 4.78 is 1.93. The Morgan fingerprint density at radius 2 is 1.88 bits per heavy atom. The Kier molecular flexibility index (Phi) is 6.41. The lowest BCUT2D eigenvalue weighted by Crippen LogP contribution is -2.19. The van der Waals surface area contributed by atoms with E-state index in [9.17, 15) is 4.79 Å². The first-order valence-electron chi connectivity index (χ1n) is 10.7. The first kappa shape index (κ1) is 22.1. The van der Waals surface area contributed by atoms with Crippen molar-refractivity contribution in [3.05, 3.63) is 78.4 Å². The van der Waals surface area contributed by atoms with Crippen LogP contribution in [0, 0.1) is 0 Å². The zero-order valence-corrected chi connectivity index (χ0v) is 18.6. The topological polar surface area (TPSA) is 138 Å². The molecule has 9 heteroatoms. The lowest BCUT2D eigenvalue weighted by atomic mass is 10.1. The fourth-order valence-corrected chi connectivity index (χ4v) is 3.53. The van der Waals surface area contributed by atoms with E-state index in [1.54, 1.807) is 24.8 Å². The predicted molar refractivity (Wildman–Crippen MR) is 128 cm³/mol. The molecule has 0 saturated carbocycles. The molecule has 0 atom stereocenters. The van der Waals surface area contributed by atoms with Crippen molar-refractivity contribution in [2.45, 2.75) is 26.2 Å². The SMILES string of the molecule is CC(C)c1nccn1-c1ccncc1NC(=O)c1nc(-c2ccc(CCN)cc2)cnc1N. The molecule has 0 aliphatic rings. The monoisotopic (exact) mass is 442 g/mol. The van der Waals surface area contributed by atoms with Gasteiger partial charge in [0, 0.05) is 30.1 Å². The maximum Gasteiger partial charge on any atom is 0.278 e. The number of benzene rings is 1. The van der Waals surface area contributed by atoms with Crippen LogP contribution >= 0.6 is 0 Å². The van der Waals surface area contributed by atoms with Crippen molar-refractivity contribution in [2.75, 3.05) is 17.6 Å². The summed E-state index contributed by atoms with van der Waals surface area (Å²) in [6.45, 7) is 4.70. The Hall–Kier alpha value is -4.11. The zero-order valence-electron chi connectivity index (χ0n) is 18.6. The van der Waals surface area contributed by atoms with E-state index < -0.39 is 5.91 Å². The van der Waals surface area contributed by atoms with E-state index in [1.165, 1.54) is 0 Å². The number of carbonyl (C=O) groups excluding carboxylic acids is 1. The molecule has 5 N–H and O–H groups in total.